The Bertz CT molecular complexity index is 1150. The van der Waals surface area contributed by atoms with Crippen molar-refractivity contribution < 1.29 is 31.5 Å². The third kappa shape index (κ3) is 5.75. The van der Waals surface area contributed by atoms with Crippen molar-refractivity contribution in [2.24, 2.45) is 0 Å². The molecule has 0 aliphatic carbocycles. The molecule has 11 heteroatoms. The molecule has 1 aromatic carbocycles. The summed E-state index contributed by atoms with van der Waals surface area (Å²) < 4.78 is 65.4. The Morgan fingerprint density at radius 3 is 2.56 bits per heavy atom. The molecule has 2 aromatic rings. The molecule has 0 spiro atoms. The first-order chi connectivity index (χ1) is 15.9. The van der Waals surface area contributed by atoms with E-state index in [2.05, 4.69) is 10.3 Å². The summed E-state index contributed by atoms with van der Waals surface area (Å²) in [6.45, 7) is 0.169. The van der Waals surface area contributed by atoms with Crippen molar-refractivity contribution in [2.75, 3.05) is 13.1 Å². The van der Waals surface area contributed by atoms with Crippen LogP contribution in [-0.4, -0.2) is 46.8 Å². The Kier molecular flexibility index (Phi) is 7.00. The Morgan fingerprint density at radius 1 is 1.26 bits per heavy atom. The summed E-state index contributed by atoms with van der Waals surface area (Å²) in [5.74, 6) is -4.66. The van der Waals surface area contributed by atoms with E-state index in [1.807, 2.05) is 0 Å². The molecule has 34 heavy (non-hydrogen) atoms. The molecule has 178 valence electrons. The minimum atomic E-state index is -4.46. The van der Waals surface area contributed by atoms with Gasteiger partial charge in [0.25, 0.3) is 11.8 Å². The number of halogens is 5. The zero-order valence-electron chi connectivity index (χ0n) is 17.9. The maximum Gasteiger partial charge on any atom is 0.416 e. The Hall–Kier alpha value is -3.81. The van der Waals surface area contributed by atoms with Crippen molar-refractivity contribution in [3.63, 3.8) is 0 Å². The van der Waals surface area contributed by atoms with Crippen LogP contribution in [0.5, 0.6) is 0 Å². The van der Waals surface area contributed by atoms with Gasteiger partial charge in [-0.25, -0.2) is 8.78 Å². The third-order valence-electron chi connectivity index (χ3n) is 5.28. The molecule has 2 heterocycles. The highest BCUT2D eigenvalue weighted by Gasteiger charge is 2.47. The number of carbonyl (C=O) groups excluding carboxylic acids is 2. The summed E-state index contributed by atoms with van der Waals surface area (Å²) in [6.07, 6.45) is -0.948. The van der Waals surface area contributed by atoms with Crippen molar-refractivity contribution in [1.82, 2.24) is 15.2 Å². The van der Waals surface area contributed by atoms with E-state index < -0.39 is 55.0 Å². The lowest BCUT2D eigenvalue weighted by molar-refractivity contribution is -0.137. The average molecular weight is 478 g/mol. The second-order valence-corrected chi connectivity index (χ2v) is 7.77. The molecular formula is C23H19F5N4O2. The average Bonchev–Trinajstić information content (AvgIpc) is 3.11. The number of pyridine rings is 1. The standard InChI is InChI=1S/C23H19F5N4O2/c1-14(15-2-4-17(5-3-15)23(26,27)28)8-16-11-30-7-6-19(16)21(34)31-12-20(33)32-13-22(24,25)9-18(32)10-29/h2-8,11,18H,9,12-13H2,1H3,(H,31,34)/b14-8+. The number of nitrogens with zero attached hydrogens (tertiary/aromatic N) is 3. The number of nitrogens with one attached hydrogen (secondary N) is 1. The maximum atomic E-state index is 13.5. The van der Waals surface area contributed by atoms with Gasteiger partial charge >= 0.3 is 6.18 Å². The Labute approximate surface area is 191 Å². The van der Waals surface area contributed by atoms with Crippen LogP contribution in [0.15, 0.2) is 42.7 Å². The molecule has 0 bridgehead atoms. The lowest BCUT2D eigenvalue weighted by atomic mass is 10.0. The van der Waals surface area contributed by atoms with Crippen LogP contribution in [-0.2, 0) is 11.0 Å². The van der Waals surface area contributed by atoms with Gasteiger partial charge < -0.3 is 10.2 Å². The predicted octanol–water partition coefficient (Wildman–Crippen LogP) is 4.15. The Morgan fingerprint density at radius 2 is 1.94 bits per heavy atom. The largest absolute Gasteiger partial charge is 0.416 e. The molecule has 1 atom stereocenters. The first kappa shape index (κ1) is 24.8. The van der Waals surface area contributed by atoms with Crippen molar-refractivity contribution in [3.8, 4) is 6.07 Å². The van der Waals surface area contributed by atoms with Gasteiger partial charge in [0, 0.05) is 29.9 Å². The number of hydrogen-bond donors (Lipinski definition) is 1. The minimum absolute atomic E-state index is 0.123. The van der Waals surface area contributed by atoms with E-state index in [4.69, 9.17) is 5.26 Å². The van der Waals surface area contributed by atoms with Gasteiger partial charge in [0.1, 0.15) is 6.04 Å². The molecule has 3 rings (SSSR count). The summed E-state index contributed by atoms with van der Waals surface area (Å²) in [4.78, 5) is 29.7. The zero-order chi connectivity index (χ0) is 25.1. The fourth-order valence-electron chi connectivity index (χ4n) is 3.51. The summed E-state index contributed by atoms with van der Waals surface area (Å²) >= 11 is 0. The number of allylic oxidation sites excluding steroid dienone is 1. The molecule has 1 unspecified atom stereocenters. The van der Waals surface area contributed by atoms with E-state index >= 15 is 0 Å². The summed E-state index contributed by atoms with van der Waals surface area (Å²) in [5.41, 5.74) is 0.730. The second kappa shape index (κ2) is 9.59. The van der Waals surface area contributed by atoms with Gasteiger partial charge in [-0.05, 0) is 42.3 Å². The van der Waals surface area contributed by atoms with Crippen LogP contribution in [0, 0.1) is 11.3 Å². The van der Waals surface area contributed by atoms with Gasteiger partial charge in [-0.1, -0.05) is 12.1 Å². The molecule has 1 aliphatic heterocycles. The highest BCUT2D eigenvalue weighted by molar-refractivity contribution is 6.00. The zero-order valence-corrected chi connectivity index (χ0v) is 17.9. The fraction of sp³-hybridized carbons (Fsp3) is 0.304. The maximum absolute atomic E-state index is 13.5. The van der Waals surface area contributed by atoms with E-state index in [0.717, 1.165) is 17.0 Å². The van der Waals surface area contributed by atoms with Crippen LogP contribution in [0.1, 0.15) is 40.4 Å². The first-order valence-corrected chi connectivity index (χ1v) is 10.1. The number of rotatable bonds is 5. The number of nitriles is 1. The molecule has 1 aromatic heterocycles. The van der Waals surface area contributed by atoms with Crippen molar-refractivity contribution in [3.05, 3.63) is 65.0 Å². The minimum Gasteiger partial charge on any atom is -0.343 e. The van der Waals surface area contributed by atoms with Gasteiger partial charge in [-0.2, -0.15) is 18.4 Å². The van der Waals surface area contributed by atoms with Gasteiger partial charge in [0.05, 0.1) is 24.7 Å². The molecule has 1 N–H and O–H groups in total. The molecule has 1 fully saturated rings. The predicted molar refractivity (Wildman–Crippen MR) is 112 cm³/mol. The SMILES string of the molecule is C/C(=C\c1cnccc1C(=O)NCC(=O)N1CC(F)(F)CC1C#N)c1ccc(C(F)(F)F)cc1. The smallest absolute Gasteiger partial charge is 0.343 e. The Balaban J connectivity index is 1.73. The number of carbonyl (C=O) groups is 2. The highest BCUT2D eigenvalue weighted by atomic mass is 19.4. The van der Waals surface area contributed by atoms with Crippen LogP contribution in [0.3, 0.4) is 0 Å². The number of amides is 2. The number of benzene rings is 1. The normalized spacial score (nSPS) is 17.9. The number of aromatic nitrogens is 1. The first-order valence-electron chi connectivity index (χ1n) is 10.1. The van der Waals surface area contributed by atoms with E-state index in [0.29, 0.717) is 16.7 Å². The van der Waals surface area contributed by atoms with Gasteiger partial charge in [-0.15, -0.1) is 0 Å². The second-order valence-electron chi connectivity index (χ2n) is 7.77. The lowest BCUT2D eigenvalue weighted by Crippen LogP contribution is -2.43. The van der Waals surface area contributed by atoms with Gasteiger partial charge in [0.2, 0.25) is 5.91 Å². The van der Waals surface area contributed by atoms with Crippen LogP contribution >= 0.6 is 0 Å². The monoisotopic (exact) mass is 478 g/mol. The third-order valence-corrected chi connectivity index (χ3v) is 5.28. The molecule has 2 amide bonds. The number of likely N-dealkylation sites (tertiary alicyclic amines) is 1. The van der Waals surface area contributed by atoms with Crippen molar-refractivity contribution in [2.45, 2.75) is 31.5 Å². The summed E-state index contributed by atoms with van der Waals surface area (Å²) in [6, 6.07) is 6.28. The molecule has 0 saturated carbocycles. The van der Waals surface area contributed by atoms with E-state index in [-0.39, 0.29) is 5.56 Å². The van der Waals surface area contributed by atoms with Crippen LogP contribution in [0.2, 0.25) is 0 Å². The molecule has 0 radical (unpaired) electrons. The lowest BCUT2D eigenvalue weighted by Gasteiger charge is -2.19. The fourth-order valence-corrected chi connectivity index (χ4v) is 3.51. The topological polar surface area (TPSA) is 86.1 Å². The molecule has 1 saturated heterocycles. The van der Waals surface area contributed by atoms with Crippen molar-refractivity contribution in [1.29, 1.82) is 5.26 Å². The number of hydrogen-bond acceptors (Lipinski definition) is 4. The van der Waals surface area contributed by atoms with E-state index in [9.17, 15) is 31.5 Å². The molecule has 6 nitrogen and oxygen atoms in total. The molecular weight excluding hydrogens is 459 g/mol. The van der Waals surface area contributed by atoms with E-state index in [1.165, 1.54) is 30.6 Å². The van der Waals surface area contributed by atoms with Crippen LogP contribution < -0.4 is 5.32 Å². The van der Waals surface area contributed by atoms with Gasteiger partial charge in [-0.3, -0.25) is 14.6 Å². The highest BCUT2D eigenvalue weighted by Crippen LogP contribution is 2.32. The van der Waals surface area contributed by atoms with Crippen molar-refractivity contribution >= 4 is 23.5 Å². The van der Waals surface area contributed by atoms with E-state index in [1.54, 1.807) is 19.1 Å². The van der Waals surface area contributed by atoms with Gasteiger partial charge in [0.15, 0.2) is 0 Å². The van der Waals surface area contributed by atoms with Crippen LogP contribution in [0.4, 0.5) is 22.0 Å². The quantitative estimate of drug-likeness (QED) is 0.655. The summed E-state index contributed by atoms with van der Waals surface area (Å²) in [7, 11) is 0. The molecule has 1 aliphatic rings. The van der Waals surface area contributed by atoms with Crippen LogP contribution in [0.25, 0.3) is 11.6 Å². The number of alkyl halides is 5. The summed E-state index contributed by atoms with van der Waals surface area (Å²) in [5, 5.41) is 11.4.